The second-order valence-electron chi connectivity index (χ2n) is 12.9. The number of furan rings is 1. The molecule has 240 valence electrons. The molecule has 51 heavy (non-hydrogen) atoms. The Morgan fingerprint density at radius 2 is 0.922 bits per heavy atom. The van der Waals surface area contributed by atoms with Crippen LogP contribution in [0.2, 0.25) is 0 Å². The Morgan fingerprint density at radius 1 is 0.392 bits per heavy atom. The first kappa shape index (κ1) is 29.0. The molecule has 4 nitrogen and oxygen atoms in total. The van der Waals surface area contributed by atoms with Gasteiger partial charge in [0.05, 0.1) is 16.8 Å². The van der Waals surface area contributed by atoms with E-state index in [0.717, 1.165) is 66.8 Å². The van der Waals surface area contributed by atoms with Crippen LogP contribution in [0.4, 0.5) is 34.1 Å². The van der Waals surface area contributed by atoms with Crippen LogP contribution in [0.5, 0.6) is 0 Å². The number of fused-ring (bicyclic) bond motifs is 7. The Kier molecular flexibility index (Phi) is 6.78. The number of rotatable bonds is 6. The summed E-state index contributed by atoms with van der Waals surface area (Å²) in [7, 11) is 0. The summed E-state index contributed by atoms with van der Waals surface area (Å²) in [6.45, 7) is 0. The first-order valence-corrected chi connectivity index (χ1v) is 17.2. The molecule has 0 atom stereocenters. The van der Waals surface area contributed by atoms with E-state index in [0.29, 0.717) is 0 Å². The maximum absolute atomic E-state index is 7.05. The van der Waals surface area contributed by atoms with Crippen LogP contribution in [0.25, 0.3) is 54.3 Å². The normalized spacial score (nSPS) is 11.5. The third-order valence-corrected chi connectivity index (χ3v) is 9.85. The molecule has 0 saturated carbocycles. The fourth-order valence-electron chi connectivity index (χ4n) is 7.51. The fourth-order valence-corrected chi connectivity index (χ4v) is 7.51. The molecule has 0 bridgehead atoms. The minimum absolute atomic E-state index is 0.811. The summed E-state index contributed by atoms with van der Waals surface area (Å²) in [5.41, 5.74) is 7.86. The van der Waals surface area contributed by atoms with Crippen molar-refractivity contribution in [3.05, 3.63) is 188 Å². The van der Waals surface area contributed by atoms with Gasteiger partial charge in [-0.05, 0) is 106 Å². The first-order chi connectivity index (χ1) is 25.3. The lowest BCUT2D eigenvalue weighted by Gasteiger charge is -2.29. The van der Waals surface area contributed by atoms with Crippen molar-refractivity contribution in [1.82, 2.24) is 4.98 Å². The minimum Gasteiger partial charge on any atom is -0.454 e. The molecular formula is C47H31N3O. The number of anilines is 6. The van der Waals surface area contributed by atoms with E-state index in [4.69, 9.17) is 4.42 Å². The molecule has 4 heteroatoms. The van der Waals surface area contributed by atoms with E-state index in [1.807, 2.05) is 12.4 Å². The van der Waals surface area contributed by atoms with Crippen LogP contribution in [0, 0.1) is 0 Å². The van der Waals surface area contributed by atoms with Crippen molar-refractivity contribution in [2.24, 2.45) is 0 Å². The van der Waals surface area contributed by atoms with Gasteiger partial charge in [0.25, 0.3) is 0 Å². The molecule has 0 spiro atoms. The van der Waals surface area contributed by atoms with Gasteiger partial charge in [-0.25, -0.2) is 0 Å². The van der Waals surface area contributed by atoms with Crippen molar-refractivity contribution in [2.75, 3.05) is 9.80 Å². The van der Waals surface area contributed by atoms with Gasteiger partial charge in [0.2, 0.25) is 0 Å². The number of pyridine rings is 1. The molecule has 0 amide bonds. The highest BCUT2D eigenvalue weighted by atomic mass is 16.3. The molecule has 0 fully saturated rings. The molecule has 0 unspecified atom stereocenters. The van der Waals surface area contributed by atoms with Gasteiger partial charge < -0.3 is 14.2 Å². The molecule has 10 aromatic rings. The van der Waals surface area contributed by atoms with Crippen molar-refractivity contribution in [2.45, 2.75) is 0 Å². The van der Waals surface area contributed by atoms with Gasteiger partial charge in [0, 0.05) is 45.9 Å². The van der Waals surface area contributed by atoms with E-state index in [9.17, 15) is 0 Å². The zero-order chi connectivity index (χ0) is 33.7. The molecule has 0 N–H and O–H groups in total. The zero-order valence-corrected chi connectivity index (χ0v) is 27.6. The van der Waals surface area contributed by atoms with Crippen LogP contribution < -0.4 is 9.80 Å². The number of hydrogen-bond donors (Lipinski definition) is 0. The molecule has 0 aliphatic rings. The lowest BCUT2D eigenvalue weighted by atomic mass is 10.0. The Hall–Kier alpha value is -6.91. The molecule has 10 rings (SSSR count). The summed E-state index contributed by atoms with van der Waals surface area (Å²) < 4.78 is 7.05. The number of para-hydroxylation sites is 2. The molecule has 0 aliphatic heterocycles. The Bertz CT molecular complexity index is 2880. The lowest BCUT2D eigenvalue weighted by Crippen LogP contribution is -2.13. The van der Waals surface area contributed by atoms with Gasteiger partial charge in [-0.1, -0.05) is 97.1 Å². The van der Waals surface area contributed by atoms with Crippen LogP contribution in [0.1, 0.15) is 0 Å². The van der Waals surface area contributed by atoms with Gasteiger partial charge in [0.15, 0.2) is 5.58 Å². The smallest absolute Gasteiger partial charge is 0.161 e. The van der Waals surface area contributed by atoms with Crippen molar-refractivity contribution < 1.29 is 4.42 Å². The maximum Gasteiger partial charge on any atom is 0.161 e. The third kappa shape index (κ3) is 4.88. The third-order valence-electron chi connectivity index (χ3n) is 9.85. The number of nitrogens with zero attached hydrogens (tertiary/aromatic N) is 3. The second kappa shape index (κ2) is 11.9. The van der Waals surface area contributed by atoms with Crippen LogP contribution in [0.3, 0.4) is 0 Å². The van der Waals surface area contributed by atoms with Crippen molar-refractivity contribution in [3.63, 3.8) is 0 Å². The largest absolute Gasteiger partial charge is 0.454 e. The monoisotopic (exact) mass is 653 g/mol. The van der Waals surface area contributed by atoms with Crippen molar-refractivity contribution >= 4 is 88.4 Å². The average molecular weight is 654 g/mol. The highest BCUT2D eigenvalue weighted by molar-refractivity contribution is 6.25. The number of benzene rings is 8. The summed E-state index contributed by atoms with van der Waals surface area (Å²) in [4.78, 5) is 9.14. The maximum atomic E-state index is 7.05. The van der Waals surface area contributed by atoms with Gasteiger partial charge in [-0.3, -0.25) is 4.98 Å². The van der Waals surface area contributed by atoms with E-state index < -0.39 is 0 Å². The van der Waals surface area contributed by atoms with Crippen molar-refractivity contribution in [3.8, 4) is 0 Å². The molecule has 0 aliphatic carbocycles. The van der Waals surface area contributed by atoms with Crippen LogP contribution in [0.15, 0.2) is 193 Å². The Morgan fingerprint density at radius 3 is 1.55 bits per heavy atom. The van der Waals surface area contributed by atoms with Gasteiger partial charge in [-0.2, -0.15) is 0 Å². The van der Waals surface area contributed by atoms with Crippen LogP contribution in [-0.2, 0) is 0 Å². The Labute approximate surface area is 295 Å². The molecule has 2 heterocycles. The van der Waals surface area contributed by atoms with E-state index in [2.05, 4.69) is 191 Å². The molecular weight excluding hydrogens is 623 g/mol. The minimum atomic E-state index is 0.811. The highest BCUT2D eigenvalue weighted by Gasteiger charge is 2.26. The van der Waals surface area contributed by atoms with Crippen LogP contribution in [-0.4, -0.2) is 4.98 Å². The summed E-state index contributed by atoms with van der Waals surface area (Å²) >= 11 is 0. The van der Waals surface area contributed by atoms with Crippen molar-refractivity contribution in [1.29, 1.82) is 0 Å². The van der Waals surface area contributed by atoms with E-state index in [1.54, 1.807) is 0 Å². The predicted molar refractivity (Wildman–Crippen MR) is 213 cm³/mol. The summed E-state index contributed by atoms with van der Waals surface area (Å²) in [5.74, 6) is 0. The lowest BCUT2D eigenvalue weighted by molar-refractivity contribution is 0.669. The highest BCUT2D eigenvalue weighted by Crippen LogP contribution is 2.50. The van der Waals surface area contributed by atoms with E-state index in [1.165, 1.54) is 21.5 Å². The van der Waals surface area contributed by atoms with Gasteiger partial charge in [-0.15, -0.1) is 0 Å². The summed E-state index contributed by atoms with van der Waals surface area (Å²) in [6.07, 6.45) is 3.80. The quantitative estimate of drug-likeness (QED) is 0.179. The van der Waals surface area contributed by atoms with Gasteiger partial charge >= 0.3 is 0 Å². The Balaban J connectivity index is 1.32. The molecule has 2 aromatic heterocycles. The van der Waals surface area contributed by atoms with Crippen LogP contribution >= 0.6 is 0 Å². The standard InChI is InChI=1S/C47H31N3O/c1-3-15-37(16-4-1)49(39-22-19-32-11-7-9-13-34(32)29-39)42-24-25-43(47-46(42)45-41-27-28-48-31-36(41)21-26-44(45)51-47)50(38-17-5-2-6-18-38)40-23-20-33-12-8-10-14-35(33)30-40/h1-31H. The summed E-state index contributed by atoms with van der Waals surface area (Å²) in [5, 5.41) is 9.04. The molecule has 0 saturated heterocycles. The SMILES string of the molecule is c1ccc(N(c2ccc3ccccc3c2)c2ccc(N(c3ccccc3)c3ccc4ccccc4c3)c3c2oc2ccc4cnccc4c23)cc1. The van der Waals surface area contributed by atoms with Gasteiger partial charge in [0.1, 0.15) is 5.58 Å². The number of hydrogen-bond acceptors (Lipinski definition) is 4. The molecule has 0 radical (unpaired) electrons. The predicted octanol–water partition coefficient (Wildman–Crippen LogP) is 13.4. The van der Waals surface area contributed by atoms with E-state index >= 15 is 0 Å². The average Bonchev–Trinajstić information content (AvgIpc) is 3.60. The van der Waals surface area contributed by atoms with E-state index in [-0.39, 0.29) is 0 Å². The second-order valence-corrected chi connectivity index (χ2v) is 12.9. The first-order valence-electron chi connectivity index (χ1n) is 17.2. The topological polar surface area (TPSA) is 32.5 Å². The number of aromatic nitrogens is 1. The summed E-state index contributed by atoms with van der Waals surface area (Å²) in [6, 6.07) is 62.3. The zero-order valence-electron chi connectivity index (χ0n) is 27.6. The molecule has 8 aromatic carbocycles. The fraction of sp³-hybridized carbons (Fsp3) is 0.